The Balaban J connectivity index is 1.52. The van der Waals surface area contributed by atoms with Crippen molar-refractivity contribution in [1.29, 1.82) is 0 Å². The molecule has 2 aromatic heterocycles. The van der Waals surface area contributed by atoms with Crippen LogP contribution in [0, 0.1) is 0 Å². The summed E-state index contributed by atoms with van der Waals surface area (Å²) in [5.74, 6) is 0. The summed E-state index contributed by atoms with van der Waals surface area (Å²) >= 11 is 6.22. The van der Waals surface area contributed by atoms with Crippen LogP contribution in [0.25, 0.3) is 11.2 Å². The van der Waals surface area contributed by atoms with E-state index in [1.165, 1.54) is 11.6 Å². The van der Waals surface area contributed by atoms with Crippen molar-refractivity contribution < 1.29 is 0 Å². The Morgan fingerprint density at radius 1 is 1.00 bits per heavy atom. The van der Waals surface area contributed by atoms with Gasteiger partial charge in [-0.1, -0.05) is 54.1 Å². The molecule has 0 fully saturated rings. The van der Waals surface area contributed by atoms with Gasteiger partial charge in [0.05, 0.1) is 12.4 Å². The summed E-state index contributed by atoms with van der Waals surface area (Å²) in [7, 11) is 3.11. The molecule has 8 heteroatoms. The highest BCUT2D eigenvalue weighted by atomic mass is 35.5. The van der Waals surface area contributed by atoms with E-state index in [2.05, 4.69) is 28.5 Å². The Kier molecular flexibility index (Phi) is 6.06. The molecule has 0 spiro atoms. The van der Waals surface area contributed by atoms with E-state index in [9.17, 15) is 9.59 Å². The number of benzene rings is 2. The number of nitrogens with zero attached hydrogens (tertiary/aromatic N) is 4. The van der Waals surface area contributed by atoms with Crippen LogP contribution in [0.5, 0.6) is 0 Å². The summed E-state index contributed by atoms with van der Waals surface area (Å²) in [5.41, 5.74) is 2.39. The van der Waals surface area contributed by atoms with Gasteiger partial charge in [-0.25, -0.2) is 9.78 Å². The molecule has 0 amide bonds. The van der Waals surface area contributed by atoms with E-state index in [4.69, 9.17) is 11.6 Å². The quantitative estimate of drug-likeness (QED) is 0.451. The van der Waals surface area contributed by atoms with Crippen molar-refractivity contribution >= 4 is 22.8 Å². The van der Waals surface area contributed by atoms with Gasteiger partial charge in [0.15, 0.2) is 11.2 Å². The largest absolute Gasteiger partial charge is 0.332 e. The first-order chi connectivity index (χ1) is 15.0. The van der Waals surface area contributed by atoms with Crippen LogP contribution in [0.1, 0.15) is 23.6 Å². The van der Waals surface area contributed by atoms with E-state index >= 15 is 0 Å². The zero-order valence-corrected chi connectivity index (χ0v) is 18.2. The zero-order chi connectivity index (χ0) is 22.0. The second-order valence-corrected chi connectivity index (χ2v) is 7.96. The van der Waals surface area contributed by atoms with Crippen LogP contribution in [-0.4, -0.2) is 25.2 Å². The summed E-state index contributed by atoms with van der Waals surface area (Å²) in [6, 6.07) is 18.1. The Hall–Kier alpha value is -3.16. The molecule has 1 atom stereocenters. The molecule has 0 bridgehead atoms. The number of nitrogens with one attached hydrogen (secondary N) is 1. The van der Waals surface area contributed by atoms with Crippen LogP contribution in [0.15, 0.2) is 70.5 Å². The maximum absolute atomic E-state index is 12.6. The summed E-state index contributed by atoms with van der Waals surface area (Å²) in [4.78, 5) is 29.0. The molecule has 31 heavy (non-hydrogen) atoms. The summed E-state index contributed by atoms with van der Waals surface area (Å²) in [5, 5.41) is 4.31. The van der Waals surface area contributed by atoms with Crippen molar-refractivity contribution in [2.24, 2.45) is 14.1 Å². The molecule has 0 aliphatic heterocycles. The van der Waals surface area contributed by atoms with Gasteiger partial charge in [-0.05, 0) is 36.2 Å². The lowest BCUT2D eigenvalue weighted by atomic mass is 9.98. The van der Waals surface area contributed by atoms with E-state index < -0.39 is 0 Å². The SMILES string of the molecule is Cn1c(=O)c2c(ncn2CCCNC(c2ccccc2)c2cccc(Cl)c2)n(C)c1=O. The number of aryl methyl sites for hydroxylation is 2. The summed E-state index contributed by atoms with van der Waals surface area (Å²) in [6.45, 7) is 1.33. The average Bonchev–Trinajstić information content (AvgIpc) is 3.21. The highest BCUT2D eigenvalue weighted by Gasteiger charge is 2.15. The topological polar surface area (TPSA) is 73.8 Å². The highest BCUT2D eigenvalue weighted by molar-refractivity contribution is 6.30. The molecule has 7 nitrogen and oxygen atoms in total. The minimum atomic E-state index is -0.378. The fourth-order valence-electron chi connectivity index (χ4n) is 3.82. The molecule has 0 saturated heterocycles. The first-order valence-electron chi connectivity index (χ1n) is 10.1. The normalized spacial score (nSPS) is 12.4. The van der Waals surface area contributed by atoms with E-state index in [1.807, 2.05) is 41.0 Å². The number of fused-ring (bicyclic) bond motifs is 1. The average molecular weight is 438 g/mol. The Morgan fingerprint density at radius 2 is 1.74 bits per heavy atom. The standard InChI is InChI=1S/C23H24ClN5O2/c1-27-21-20(22(30)28(2)23(27)31)29(15-26-21)13-7-12-25-19(16-8-4-3-5-9-16)17-10-6-11-18(24)14-17/h3-6,8-11,14-15,19,25H,7,12-13H2,1-2H3. The molecule has 1 N–H and O–H groups in total. The van der Waals surface area contributed by atoms with E-state index in [0.717, 1.165) is 28.7 Å². The minimum absolute atomic E-state index is 0.00752. The van der Waals surface area contributed by atoms with Crippen molar-refractivity contribution in [2.75, 3.05) is 6.54 Å². The van der Waals surface area contributed by atoms with Crippen LogP contribution in [0.2, 0.25) is 5.02 Å². The second kappa shape index (κ2) is 8.91. The van der Waals surface area contributed by atoms with Crippen molar-refractivity contribution in [3.8, 4) is 0 Å². The lowest BCUT2D eigenvalue weighted by Crippen LogP contribution is -2.37. The lowest BCUT2D eigenvalue weighted by molar-refractivity contribution is 0.547. The monoisotopic (exact) mass is 437 g/mol. The minimum Gasteiger partial charge on any atom is -0.325 e. The van der Waals surface area contributed by atoms with Crippen LogP contribution in [-0.2, 0) is 20.6 Å². The lowest BCUT2D eigenvalue weighted by Gasteiger charge is -2.20. The number of halogens is 1. The summed E-state index contributed by atoms with van der Waals surface area (Å²) in [6.07, 6.45) is 2.40. The van der Waals surface area contributed by atoms with Gasteiger partial charge < -0.3 is 9.88 Å². The third-order valence-corrected chi connectivity index (χ3v) is 5.69. The number of aromatic nitrogens is 4. The van der Waals surface area contributed by atoms with Gasteiger partial charge in [-0.3, -0.25) is 13.9 Å². The summed E-state index contributed by atoms with van der Waals surface area (Å²) < 4.78 is 4.33. The van der Waals surface area contributed by atoms with Gasteiger partial charge in [0, 0.05) is 25.7 Å². The van der Waals surface area contributed by atoms with Gasteiger partial charge in [0.1, 0.15) is 0 Å². The Labute approximate surface area is 184 Å². The Bertz CT molecular complexity index is 1320. The van der Waals surface area contributed by atoms with Crippen LogP contribution < -0.4 is 16.6 Å². The molecule has 4 rings (SSSR count). The van der Waals surface area contributed by atoms with Gasteiger partial charge >= 0.3 is 5.69 Å². The molecular formula is C23H24ClN5O2. The fraction of sp³-hybridized carbons (Fsp3) is 0.261. The predicted octanol–water partition coefficient (Wildman–Crippen LogP) is 2.86. The van der Waals surface area contributed by atoms with Crippen molar-refractivity contribution in [1.82, 2.24) is 24.0 Å². The molecule has 0 aliphatic carbocycles. The van der Waals surface area contributed by atoms with Gasteiger partial charge in [-0.15, -0.1) is 0 Å². The van der Waals surface area contributed by atoms with E-state index in [1.54, 1.807) is 13.4 Å². The van der Waals surface area contributed by atoms with Crippen LogP contribution in [0.4, 0.5) is 0 Å². The van der Waals surface area contributed by atoms with E-state index in [0.29, 0.717) is 22.7 Å². The molecule has 160 valence electrons. The molecule has 2 aromatic carbocycles. The van der Waals surface area contributed by atoms with Gasteiger partial charge in [0.2, 0.25) is 0 Å². The molecule has 0 radical (unpaired) electrons. The predicted molar refractivity (Wildman–Crippen MR) is 123 cm³/mol. The molecule has 4 aromatic rings. The third kappa shape index (κ3) is 4.19. The van der Waals surface area contributed by atoms with Crippen molar-refractivity contribution in [3.63, 3.8) is 0 Å². The number of hydrogen-bond acceptors (Lipinski definition) is 4. The smallest absolute Gasteiger partial charge is 0.325 e. The number of imidazole rings is 1. The fourth-order valence-corrected chi connectivity index (χ4v) is 4.02. The Morgan fingerprint density at radius 3 is 2.48 bits per heavy atom. The molecule has 0 aliphatic rings. The van der Waals surface area contributed by atoms with Gasteiger partial charge in [0.25, 0.3) is 5.56 Å². The number of hydrogen-bond donors (Lipinski definition) is 1. The maximum atomic E-state index is 12.6. The van der Waals surface area contributed by atoms with Crippen molar-refractivity contribution in [2.45, 2.75) is 19.0 Å². The molecule has 0 saturated carbocycles. The first kappa shape index (κ1) is 21.1. The molecule has 1 unspecified atom stereocenters. The van der Waals surface area contributed by atoms with E-state index in [-0.39, 0.29) is 17.3 Å². The third-order valence-electron chi connectivity index (χ3n) is 5.46. The van der Waals surface area contributed by atoms with Crippen molar-refractivity contribution in [3.05, 3.63) is 97.9 Å². The highest BCUT2D eigenvalue weighted by Crippen LogP contribution is 2.24. The van der Waals surface area contributed by atoms with Crippen LogP contribution >= 0.6 is 11.6 Å². The number of rotatable bonds is 7. The zero-order valence-electron chi connectivity index (χ0n) is 17.5. The first-order valence-corrected chi connectivity index (χ1v) is 10.5. The second-order valence-electron chi connectivity index (χ2n) is 7.52. The molecular weight excluding hydrogens is 414 g/mol. The van der Waals surface area contributed by atoms with Gasteiger partial charge in [-0.2, -0.15) is 0 Å². The molecule has 2 heterocycles. The van der Waals surface area contributed by atoms with Crippen LogP contribution in [0.3, 0.4) is 0 Å². The maximum Gasteiger partial charge on any atom is 0.332 e.